The highest BCUT2D eigenvalue weighted by molar-refractivity contribution is 6.00. The van der Waals surface area contributed by atoms with Crippen LogP contribution in [0.3, 0.4) is 0 Å². The van der Waals surface area contributed by atoms with Crippen molar-refractivity contribution in [1.82, 2.24) is 0 Å². The van der Waals surface area contributed by atoms with E-state index in [1.807, 2.05) is 36.5 Å². The molecular weight excluding hydrogens is 196 g/mol. The lowest BCUT2D eigenvalue weighted by molar-refractivity contribution is -0.110. The minimum absolute atomic E-state index is 0.0740. The summed E-state index contributed by atoms with van der Waals surface area (Å²) in [4.78, 5) is 11.7. The maximum atomic E-state index is 11.7. The van der Waals surface area contributed by atoms with Crippen LogP contribution in [0.25, 0.3) is 0 Å². The molecule has 1 nitrogen and oxygen atoms in total. The zero-order valence-corrected chi connectivity index (χ0v) is 9.10. The van der Waals surface area contributed by atoms with E-state index in [1.165, 1.54) is 0 Å². The van der Waals surface area contributed by atoms with E-state index >= 15 is 0 Å². The van der Waals surface area contributed by atoms with Crippen LogP contribution in [0.5, 0.6) is 0 Å². The van der Waals surface area contributed by atoms with Crippen LogP contribution in [0.15, 0.2) is 71.9 Å². The van der Waals surface area contributed by atoms with Crippen LogP contribution in [-0.2, 0) is 4.79 Å². The zero-order chi connectivity index (χ0) is 11.2. The Balaban J connectivity index is 2.03. The summed E-state index contributed by atoms with van der Waals surface area (Å²) in [6.45, 7) is 0. The number of carbonyl (C=O) groups excluding carboxylic acids is 1. The number of hydrogen-bond acceptors (Lipinski definition) is 1. The molecule has 0 spiro atoms. The second kappa shape index (κ2) is 5.26. The maximum Gasteiger partial charge on any atom is 0.179 e. The normalized spacial score (nSPS) is 23.2. The Morgan fingerprint density at radius 1 is 0.875 bits per heavy atom. The lowest BCUT2D eigenvalue weighted by Gasteiger charge is -2.02. The third kappa shape index (κ3) is 3.06. The largest absolute Gasteiger partial charge is 0.290 e. The summed E-state index contributed by atoms with van der Waals surface area (Å²) in [6, 6.07) is 0. The molecule has 0 atom stereocenters. The van der Waals surface area contributed by atoms with Gasteiger partial charge in [-0.3, -0.25) is 4.79 Å². The third-order valence-electron chi connectivity index (χ3n) is 2.48. The SMILES string of the molecule is O=C(C=C1C=CC=CC1)C=C1C=CC=CC1. The highest BCUT2D eigenvalue weighted by atomic mass is 16.1. The van der Waals surface area contributed by atoms with Crippen molar-refractivity contribution in [1.29, 1.82) is 0 Å². The minimum Gasteiger partial charge on any atom is -0.290 e. The average Bonchev–Trinajstić information content (AvgIpc) is 2.31. The van der Waals surface area contributed by atoms with Gasteiger partial charge < -0.3 is 0 Å². The number of hydrogen-bond donors (Lipinski definition) is 0. The molecule has 0 saturated carbocycles. The third-order valence-corrected chi connectivity index (χ3v) is 2.48. The Hall–Kier alpha value is -1.89. The van der Waals surface area contributed by atoms with Gasteiger partial charge in [-0.25, -0.2) is 0 Å². The van der Waals surface area contributed by atoms with E-state index in [4.69, 9.17) is 0 Å². The van der Waals surface area contributed by atoms with Gasteiger partial charge in [-0.2, -0.15) is 0 Å². The molecule has 0 bridgehead atoms. The first-order valence-corrected chi connectivity index (χ1v) is 5.46. The van der Waals surface area contributed by atoms with Crippen molar-refractivity contribution in [2.45, 2.75) is 12.8 Å². The van der Waals surface area contributed by atoms with Gasteiger partial charge in [0.05, 0.1) is 0 Å². The molecule has 0 heterocycles. The molecule has 0 fully saturated rings. The monoisotopic (exact) mass is 210 g/mol. The van der Waals surface area contributed by atoms with E-state index in [0.717, 1.165) is 24.0 Å². The van der Waals surface area contributed by atoms with Gasteiger partial charge in [0.15, 0.2) is 5.78 Å². The van der Waals surface area contributed by atoms with E-state index in [1.54, 1.807) is 12.2 Å². The summed E-state index contributed by atoms with van der Waals surface area (Å²) in [5.41, 5.74) is 2.14. The number of ketones is 1. The summed E-state index contributed by atoms with van der Waals surface area (Å²) in [7, 11) is 0. The van der Waals surface area contributed by atoms with Crippen molar-refractivity contribution in [2.75, 3.05) is 0 Å². The molecule has 0 saturated heterocycles. The van der Waals surface area contributed by atoms with Gasteiger partial charge >= 0.3 is 0 Å². The van der Waals surface area contributed by atoms with Gasteiger partial charge in [0.2, 0.25) is 0 Å². The van der Waals surface area contributed by atoms with Crippen molar-refractivity contribution in [3.8, 4) is 0 Å². The Morgan fingerprint density at radius 2 is 1.38 bits per heavy atom. The fraction of sp³-hybridized carbons (Fsp3) is 0.133. The molecule has 0 unspecified atom stereocenters. The van der Waals surface area contributed by atoms with Gasteiger partial charge in [0.25, 0.3) is 0 Å². The molecule has 0 aliphatic heterocycles. The zero-order valence-electron chi connectivity index (χ0n) is 9.10. The van der Waals surface area contributed by atoms with E-state index in [-0.39, 0.29) is 5.78 Å². The first-order chi connectivity index (χ1) is 7.84. The van der Waals surface area contributed by atoms with Gasteiger partial charge in [0, 0.05) is 0 Å². The summed E-state index contributed by atoms with van der Waals surface area (Å²) in [5, 5.41) is 0. The molecule has 1 heteroatoms. The topological polar surface area (TPSA) is 17.1 Å². The molecule has 2 rings (SSSR count). The molecule has 0 amide bonds. The molecule has 0 aromatic carbocycles. The lowest BCUT2D eigenvalue weighted by Crippen LogP contribution is -1.93. The van der Waals surface area contributed by atoms with Gasteiger partial charge in [0.1, 0.15) is 0 Å². The summed E-state index contributed by atoms with van der Waals surface area (Å²) < 4.78 is 0. The molecule has 2 aliphatic rings. The fourth-order valence-electron chi connectivity index (χ4n) is 1.68. The number of rotatable bonds is 2. The Kier molecular flexibility index (Phi) is 3.50. The van der Waals surface area contributed by atoms with Crippen molar-refractivity contribution in [2.24, 2.45) is 0 Å². The molecule has 0 aromatic heterocycles. The first kappa shape index (κ1) is 10.6. The number of carbonyl (C=O) groups is 1. The molecular formula is C15H14O. The van der Waals surface area contributed by atoms with Gasteiger partial charge in [-0.1, -0.05) is 48.6 Å². The van der Waals surface area contributed by atoms with Crippen LogP contribution in [0.4, 0.5) is 0 Å². The van der Waals surface area contributed by atoms with Crippen LogP contribution in [0.1, 0.15) is 12.8 Å². The first-order valence-electron chi connectivity index (χ1n) is 5.46. The molecule has 2 aliphatic carbocycles. The van der Waals surface area contributed by atoms with Crippen LogP contribution in [-0.4, -0.2) is 5.78 Å². The van der Waals surface area contributed by atoms with E-state index in [9.17, 15) is 4.79 Å². The average molecular weight is 210 g/mol. The minimum atomic E-state index is 0.0740. The molecule has 16 heavy (non-hydrogen) atoms. The van der Waals surface area contributed by atoms with Gasteiger partial charge in [-0.15, -0.1) is 0 Å². The Bertz CT molecular complexity index is 412. The van der Waals surface area contributed by atoms with Crippen LogP contribution < -0.4 is 0 Å². The second-order valence-electron chi connectivity index (χ2n) is 3.82. The second-order valence-corrected chi connectivity index (χ2v) is 3.82. The Morgan fingerprint density at radius 3 is 1.75 bits per heavy atom. The Labute approximate surface area is 95.9 Å². The van der Waals surface area contributed by atoms with Crippen LogP contribution in [0.2, 0.25) is 0 Å². The van der Waals surface area contributed by atoms with Crippen molar-refractivity contribution in [3.05, 3.63) is 71.9 Å². The maximum absolute atomic E-state index is 11.7. The van der Waals surface area contributed by atoms with Crippen molar-refractivity contribution >= 4 is 5.78 Å². The fourth-order valence-corrected chi connectivity index (χ4v) is 1.68. The lowest BCUT2D eigenvalue weighted by atomic mass is 10.0. The van der Waals surface area contributed by atoms with Crippen LogP contribution >= 0.6 is 0 Å². The summed E-state index contributed by atoms with van der Waals surface area (Å²) >= 11 is 0. The van der Waals surface area contributed by atoms with Crippen molar-refractivity contribution in [3.63, 3.8) is 0 Å². The molecule has 80 valence electrons. The molecule has 0 radical (unpaired) electrons. The van der Waals surface area contributed by atoms with Crippen LogP contribution in [0, 0.1) is 0 Å². The summed E-state index contributed by atoms with van der Waals surface area (Å²) in [6.07, 6.45) is 21.1. The highest BCUT2D eigenvalue weighted by Gasteiger charge is 2.00. The molecule has 0 N–H and O–H groups in total. The standard InChI is InChI=1S/C15H14O/c16-15(11-13-7-3-1-4-8-13)12-14-9-5-2-6-10-14/h1-7,9,11-12H,8,10H2. The van der Waals surface area contributed by atoms with E-state index in [0.29, 0.717) is 0 Å². The van der Waals surface area contributed by atoms with E-state index < -0.39 is 0 Å². The summed E-state index contributed by atoms with van der Waals surface area (Å²) in [5.74, 6) is 0.0740. The quantitative estimate of drug-likeness (QED) is 0.638. The molecule has 0 aromatic rings. The highest BCUT2D eigenvalue weighted by Crippen LogP contribution is 2.13. The van der Waals surface area contributed by atoms with Crippen molar-refractivity contribution < 1.29 is 4.79 Å². The number of allylic oxidation sites excluding steroid dienone is 12. The predicted octanol–water partition coefficient (Wildman–Crippen LogP) is 3.44. The van der Waals surface area contributed by atoms with Gasteiger partial charge in [-0.05, 0) is 36.1 Å². The smallest absolute Gasteiger partial charge is 0.179 e. The van der Waals surface area contributed by atoms with E-state index in [2.05, 4.69) is 12.2 Å². The predicted molar refractivity (Wildman–Crippen MR) is 67.0 cm³/mol.